The van der Waals surface area contributed by atoms with E-state index in [2.05, 4.69) is 20.6 Å². The summed E-state index contributed by atoms with van der Waals surface area (Å²) in [5.74, 6) is -1.95. The molecule has 2 aromatic heterocycles. The van der Waals surface area contributed by atoms with Gasteiger partial charge in [0.15, 0.2) is 17.3 Å². The van der Waals surface area contributed by atoms with Gasteiger partial charge in [0.2, 0.25) is 27.8 Å². The van der Waals surface area contributed by atoms with E-state index >= 15 is 0 Å². The van der Waals surface area contributed by atoms with E-state index in [-0.39, 0.29) is 52.3 Å². The molecule has 0 radical (unpaired) electrons. The van der Waals surface area contributed by atoms with Crippen molar-refractivity contribution in [2.24, 2.45) is 11.7 Å². The third-order valence-corrected chi connectivity index (χ3v) is 10.6. The predicted molar refractivity (Wildman–Crippen MR) is 167 cm³/mol. The molecule has 1 unspecified atom stereocenters. The number of carbonyl (C=O) groups is 1. The van der Waals surface area contributed by atoms with Crippen LogP contribution in [0.15, 0.2) is 47.5 Å². The summed E-state index contributed by atoms with van der Waals surface area (Å²) >= 11 is 5.82. The number of amides is 1. The van der Waals surface area contributed by atoms with Gasteiger partial charge in [-0.1, -0.05) is 29.3 Å². The van der Waals surface area contributed by atoms with Gasteiger partial charge in [0.1, 0.15) is 11.2 Å². The second-order valence-corrected chi connectivity index (χ2v) is 14.0. The standard InChI is InChI=1S/C30H33ClF2N8O3S/c1-17-4-10-22(11-5-17)45(43,44)40-12-2-3-20(16-40)36-29-35-15-25-28(39-29)41(21-8-6-18(7-9-21)27(34)42)30(37-25)38-26-23(32)13-19(31)14-24(26)33/h4-5,10-11,13-15,18,20-21H,2-3,6-9,12,16H2,1H3,(H2,34,42)(H,37,38)(H,35,36,39). The summed E-state index contributed by atoms with van der Waals surface area (Å²) < 4.78 is 59.5. The quantitative estimate of drug-likeness (QED) is 0.231. The molecule has 4 N–H and O–H groups in total. The molecule has 11 nitrogen and oxygen atoms in total. The van der Waals surface area contributed by atoms with E-state index in [0.717, 1.165) is 17.7 Å². The van der Waals surface area contributed by atoms with Crippen LogP contribution in [0.2, 0.25) is 5.02 Å². The smallest absolute Gasteiger partial charge is 0.243 e. The normalized spacial score (nSPS) is 21.1. The Morgan fingerprint density at radius 3 is 2.40 bits per heavy atom. The zero-order valence-electron chi connectivity index (χ0n) is 24.5. The molecule has 0 spiro atoms. The van der Waals surface area contributed by atoms with Crippen molar-refractivity contribution in [3.8, 4) is 0 Å². The molecule has 2 fully saturated rings. The number of aryl methyl sites for hydroxylation is 1. The van der Waals surface area contributed by atoms with Crippen LogP contribution in [0.25, 0.3) is 11.2 Å². The Hall–Kier alpha value is -3.88. The van der Waals surface area contributed by atoms with Gasteiger partial charge in [0.25, 0.3) is 0 Å². The molecule has 1 saturated carbocycles. The lowest BCUT2D eigenvalue weighted by Crippen LogP contribution is -2.45. The van der Waals surface area contributed by atoms with E-state index in [1.54, 1.807) is 28.8 Å². The first-order valence-corrected chi connectivity index (χ1v) is 16.6. The molecule has 1 amide bonds. The Labute approximate surface area is 264 Å². The van der Waals surface area contributed by atoms with Crippen LogP contribution in [-0.4, -0.2) is 57.3 Å². The van der Waals surface area contributed by atoms with E-state index in [1.165, 1.54) is 10.5 Å². The molecule has 6 rings (SSSR count). The molecule has 0 bridgehead atoms. The lowest BCUT2D eigenvalue weighted by atomic mass is 9.85. The number of imidazole rings is 1. The molecule has 45 heavy (non-hydrogen) atoms. The topological polar surface area (TPSA) is 148 Å². The fourth-order valence-corrected chi connectivity index (χ4v) is 7.82. The third kappa shape index (κ3) is 6.44. The monoisotopic (exact) mass is 658 g/mol. The number of nitrogens with one attached hydrogen (secondary N) is 2. The van der Waals surface area contributed by atoms with E-state index in [9.17, 15) is 22.0 Å². The maximum Gasteiger partial charge on any atom is 0.243 e. The van der Waals surface area contributed by atoms with Gasteiger partial charge in [-0.3, -0.25) is 9.36 Å². The van der Waals surface area contributed by atoms with E-state index in [1.807, 2.05) is 6.92 Å². The number of halogens is 3. The van der Waals surface area contributed by atoms with Gasteiger partial charge < -0.3 is 16.4 Å². The van der Waals surface area contributed by atoms with Gasteiger partial charge >= 0.3 is 0 Å². The van der Waals surface area contributed by atoms with Crippen LogP contribution >= 0.6 is 11.6 Å². The number of anilines is 3. The molecule has 1 aliphatic heterocycles. The fourth-order valence-electron chi connectivity index (χ4n) is 6.11. The Bertz CT molecular complexity index is 1820. The van der Waals surface area contributed by atoms with E-state index < -0.39 is 27.3 Å². The minimum atomic E-state index is -3.68. The SMILES string of the molecule is Cc1ccc(S(=O)(=O)N2CCCC(Nc3ncc4nc(Nc5c(F)cc(Cl)cc5F)n(C5CCC(C(N)=O)CC5)c4n3)C2)cc1. The first-order valence-electron chi connectivity index (χ1n) is 14.8. The molecule has 15 heteroatoms. The highest BCUT2D eigenvalue weighted by Crippen LogP contribution is 2.38. The summed E-state index contributed by atoms with van der Waals surface area (Å²) in [6.45, 7) is 2.54. The van der Waals surface area contributed by atoms with Crippen LogP contribution in [0, 0.1) is 24.5 Å². The second-order valence-electron chi connectivity index (χ2n) is 11.6. The average Bonchev–Trinajstić information content (AvgIpc) is 3.36. The maximum absolute atomic E-state index is 14.8. The minimum Gasteiger partial charge on any atom is -0.369 e. The number of fused-ring (bicyclic) bond motifs is 1. The van der Waals surface area contributed by atoms with Crippen LogP contribution < -0.4 is 16.4 Å². The number of nitrogens with two attached hydrogens (primary N) is 1. The summed E-state index contributed by atoms with van der Waals surface area (Å²) in [5.41, 5.74) is 6.93. The van der Waals surface area contributed by atoms with Crippen molar-refractivity contribution in [3.63, 3.8) is 0 Å². The Morgan fingerprint density at radius 1 is 1.04 bits per heavy atom. The number of hydrogen-bond donors (Lipinski definition) is 3. The summed E-state index contributed by atoms with van der Waals surface area (Å²) in [6, 6.07) is 8.34. The van der Waals surface area contributed by atoms with Crippen molar-refractivity contribution in [1.82, 2.24) is 23.8 Å². The number of nitrogens with zero attached hydrogens (tertiary/aromatic N) is 5. The van der Waals surface area contributed by atoms with Crippen molar-refractivity contribution >= 4 is 56.3 Å². The predicted octanol–water partition coefficient (Wildman–Crippen LogP) is 5.29. The Kier molecular flexibility index (Phi) is 8.63. The fraction of sp³-hybridized carbons (Fsp3) is 0.400. The van der Waals surface area contributed by atoms with Crippen LogP contribution in [-0.2, 0) is 14.8 Å². The van der Waals surface area contributed by atoms with Gasteiger partial charge in [-0.2, -0.15) is 9.29 Å². The summed E-state index contributed by atoms with van der Waals surface area (Å²) in [7, 11) is -3.68. The van der Waals surface area contributed by atoms with Crippen molar-refractivity contribution in [2.45, 2.75) is 62.4 Å². The molecule has 2 aromatic carbocycles. The lowest BCUT2D eigenvalue weighted by molar-refractivity contribution is -0.122. The number of rotatable bonds is 8. The lowest BCUT2D eigenvalue weighted by Gasteiger charge is -2.32. The van der Waals surface area contributed by atoms with Crippen molar-refractivity contribution in [1.29, 1.82) is 0 Å². The van der Waals surface area contributed by atoms with Gasteiger partial charge in [0, 0.05) is 36.1 Å². The van der Waals surface area contributed by atoms with Gasteiger partial charge in [0.05, 0.1) is 11.1 Å². The van der Waals surface area contributed by atoms with Crippen molar-refractivity contribution in [2.75, 3.05) is 23.7 Å². The number of benzene rings is 2. The second kappa shape index (κ2) is 12.5. The molecule has 3 heterocycles. The largest absolute Gasteiger partial charge is 0.369 e. The van der Waals surface area contributed by atoms with Crippen molar-refractivity contribution in [3.05, 3.63) is 64.8 Å². The number of carbonyl (C=O) groups excluding carboxylic acids is 1. The summed E-state index contributed by atoms with van der Waals surface area (Å²) in [5, 5.41) is 5.99. The van der Waals surface area contributed by atoms with E-state index in [0.29, 0.717) is 56.2 Å². The highest BCUT2D eigenvalue weighted by Gasteiger charge is 2.32. The molecular weight excluding hydrogens is 626 g/mol. The Balaban J connectivity index is 1.30. The van der Waals surface area contributed by atoms with Crippen LogP contribution in [0.4, 0.5) is 26.4 Å². The van der Waals surface area contributed by atoms with Gasteiger partial charge in [-0.25, -0.2) is 27.2 Å². The molecule has 1 atom stereocenters. The van der Waals surface area contributed by atoms with Crippen LogP contribution in [0.5, 0.6) is 0 Å². The highest BCUT2D eigenvalue weighted by atomic mass is 35.5. The molecule has 238 valence electrons. The first-order chi connectivity index (χ1) is 21.5. The van der Waals surface area contributed by atoms with E-state index in [4.69, 9.17) is 22.3 Å². The number of hydrogen-bond acceptors (Lipinski definition) is 8. The minimum absolute atomic E-state index is 0.0802. The molecule has 2 aliphatic rings. The average molecular weight is 659 g/mol. The number of piperidine rings is 1. The molecule has 1 saturated heterocycles. The maximum atomic E-state index is 14.8. The number of primary amides is 1. The first kappa shape index (κ1) is 31.1. The number of sulfonamides is 1. The molecule has 1 aliphatic carbocycles. The van der Waals surface area contributed by atoms with Gasteiger partial charge in [-0.15, -0.1) is 0 Å². The van der Waals surface area contributed by atoms with Gasteiger partial charge in [-0.05, 0) is 69.7 Å². The number of aromatic nitrogens is 4. The third-order valence-electron chi connectivity index (χ3n) is 8.52. The van der Waals surface area contributed by atoms with Crippen LogP contribution in [0.1, 0.15) is 50.1 Å². The Morgan fingerprint density at radius 2 is 1.73 bits per heavy atom. The molecule has 4 aromatic rings. The zero-order chi connectivity index (χ0) is 31.9. The zero-order valence-corrected chi connectivity index (χ0v) is 26.1. The molecular formula is C30H33ClF2N8O3S. The summed E-state index contributed by atoms with van der Waals surface area (Å²) in [6.07, 6.45) is 5.11. The van der Waals surface area contributed by atoms with Crippen LogP contribution in [0.3, 0.4) is 0 Å². The van der Waals surface area contributed by atoms with Crippen molar-refractivity contribution < 1.29 is 22.0 Å². The highest BCUT2D eigenvalue weighted by molar-refractivity contribution is 7.89. The summed E-state index contributed by atoms with van der Waals surface area (Å²) in [4.78, 5) is 25.8.